The monoisotopic (exact) mass is 320 g/mol. The number of nitrogens with one attached hydrogen (secondary N) is 2. The van der Waals surface area contributed by atoms with Crippen LogP contribution < -0.4 is 16.6 Å². The fourth-order valence-corrected chi connectivity index (χ4v) is 2.11. The van der Waals surface area contributed by atoms with Crippen molar-refractivity contribution in [1.29, 1.82) is 0 Å². The van der Waals surface area contributed by atoms with E-state index in [1.165, 1.54) is 17.0 Å². The number of hydrogen-bond acceptors (Lipinski definition) is 5. The Balaban J connectivity index is 2.23. The molecular formula is C15H20N4O4. The Labute approximate surface area is 132 Å². The second-order valence-corrected chi connectivity index (χ2v) is 6.17. The van der Waals surface area contributed by atoms with Crippen molar-refractivity contribution in [3.63, 3.8) is 0 Å². The van der Waals surface area contributed by atoms with Crippen LogP contribution in [0.2, 0.25) is 0 Å². The number of nitrogens with zero attached hydrogens (tertiary/aromatic N) is 2. The van der Waals surface area contributed by atoms with Crippen LogP contribution in [0.4, 0.5) is 0 Å². The highest BCUT2D eigenvalue weighted by atomic mass is 16.5. The molecule has 1 amide bonds. The summed E-state index contributed by atoms with van der Waals surface area (Å²) in [5.41, 5.74) is -0.294. The van der Waals surface area contributed by atoms with Gasteiger partial charge in [0.25, 0.3) is 11.5 Å². The van der Waals surface area contributed by atoms with Gasteiger partial charge >= 0.3 is 5.69 Å². The molecule has 0 saturated carbocycles. The molecule has 2 heterocycles. The van der Waals surface area contributed by atoms with Crippen LogP contribution in [0.1, 0.15) is 49.3 Å². The topological polar surface area (TPSA) is 110 Å². The molecule has 124 valence electrons. The number of hydrogen-bond donors (Lipinski definition) is 2. The molecule has 0 aliphatic heterocycles. The molecule has 2 aromatic rings. The zero-order valence-corrected chi connectivity index (χ0v) is 13.6. The highest BCUT2D eigenvalue weighted by molar-refractivity contribution is 5.94. The van der Waals surface area contributed by atoms with E-state index in [9.17, 15) is 14.4 Å². The van der Waals surface area contributed by atoms with E-state index >= 15 is 0 Å². The smallest absolute Gasteiger partial charge is 0.328 e. The van der Waals surface area contributed by atoms with E-state index < -0.39 is 16.8 Å². The van der Waals surface area contributed by atoms with Gasteiger partial charge in [0, 0.05) is 11.7 Å². The average molecular weight is 320 g/mol. The molecule has 0 aromatic carbocycles. The van der Waals surface area contributed by atoms with Crippen molar-refractivity contribution in [3.8, 4) is 0 Å². The predicted octanol–water partition coefficient (Wildman–Crippen LogP) is 0.772. The molecule has 0 spiro atoms. The number of carbonyl (C=O) groups excluding carboxylic acids is 1. The second kappa shape index (κ2) is 6.23. The van der Waals surface area contributed by atoms with Crippen LogP contribution in [0.15, 0.2) is 26.6 Å². The van der Waals surface area contributed by atoms with Crippen molar-refractivity contribution < 1.29 is 9.32 Å². The van der Waals surface area contributed by atoms with E-state index in [0.29, 0.717) is 23.2 Å². The lowest BCUT2D eigenvalue weighted by Crippen LogP contribution is -2.40. The fourth-order valence-electron chi connectivity index (χ4n) is 2.11. The molecule has 2 aromatic heterocycles. The second-order valence-electron chi connectivity index (χ2n) is 6.17. The van der Waals surface area contributed by atoms with Gasteiger partial charge in [-0.3, -0.25) is 19.1 Å². The Morgan fingerprint density at radius 1 is 1.39 bits per heavy atom. The van der Waals surface area contributed by atoms with E-state index in [2.05, 4.69) is 15.5 Å². The van der Waals surface area contributed by atoms with Gasteiger partial charge in [-0.2, -0.15) is 0 Å². The molecule has 8 heteroatoms. The highest BCUT2D eigenvalue weighted by Crippen LogP contribution is 2.10. The maximum atomic E-state index is 12.1. The Morgan fingerprint density at radius 3 is 2.70 bits per heavy atom. The summed E-state index contributed by atoms with van der Waals surface area (Å²) >= 11 is 0. The third-order valence-electron chi connectivity index (χ3n) is 3.40. The first kappa shape index (κ1) is 16.7. The van der Waals surface area contributed by atoms with Gasteiger partial charge in [-0.1, -0.05) is 12.1 Å². The minimum atomic E-state index is -0.517. The Morgan fingerprint density at radius 2 is 2.09 bits per heavy atom. The van der Waals surface area contributed by atoms with Crippen LogP contribution >= 0.6 is 0 Å². The first-order chi connectivity index (χ1) is 10.7. The summed E-state index contributed by atoms with van der Waals surface area (Å²) in [5, 5.41) is 6.38. The number of H-pyrrole nitrogens is 1. The minimum absolute atomic E-state index is 0.00113. The lowest BCUT2D eigenvalue weighted by atomic mass is 10.1. The molecule has 0 aliphatic carbocycles. The van der Waals surface area contributed by atoms with Gasteiger partial charge in [-0.15, -0.1) is 0 Å². The molecule has 2 N–H and O–H groups in total. The first-order valence-corrected chi connectivity index (χ1v) is 7.30. The summed E-state index contributed by atoms with van der Waals surface area (Å²) in [6, 6.07) is 0. The molecule has 0 fully saturated rings. The van der Waals surface area contributed by atoms with Gasteiger partial charge in [0.05, 0.1) is 17.8 Å². The summed E-state index contributed by atoms with van der Waals surface area (Å²) in [5.74, 6) is -0.379. The van der Waals surface area contributed by atoms with Crippen molar-refractivity contribution in [2.45, 2.75) is 46.2 Å². The molecule has 0 unspecified atom stereocenters. The van der Waals surface area contributed by atoms with Crippen LogP contribution in [0.3, 0.4) is 0 Å². The van der Waals surface area contributed by atoms with Crippen LogP contribution in [-0.4, -0.2) is 20.6 Å². The number of aromatic amines is 1. The Kier molecular flexibility index (Phi) is 4.53. The summed E-state index contributed by atoms with van der Waals surface area (Å²) < 4.78 is 6.21. The van der Waals surface area contributed by atoms with Gasteiger partial charge < -0.3 is 9.84 Å². The lowest BCUT2D eigenvalue weighted by Gasteiger charge is -2.22. The van der Waals surface area contributed by atoms with Gasteiger partial charge in [0.2, 0.25) is 0 Å². The van der Waals surface area contributed by atoms with Crippen molar-refractivity contribution in [2.75, 3.05) is 0 Å². The quantitative estimate of drug-likeness (QED) is 0.864. The third-order valence-corrected chi connectivity index (χ3v) is 3.40. The summed E-state index contributed by atoms with van der Waals surface area (Å²) in [6.45, 7) is 7.40. The molecule has 23 heavy (non-hydrogen) atoms. The standard InChI is InChI=1S/C15H20N4O4/c1-5-11-10(8-23-18-11)13(21)16-6-9-7-19(15(2,3)4)14(22)17-12(9)20/h7-8H,5-6H2,1-4H3,(H,16,21)(H,17,20,22). The van der Waals surface area contributed by atoms with E-state index in [1.807, 2.05) is 27.7 Å². The van der Waals surface area contributed by atoms with Crippen LogP contribution in [0, 0.1) is 0 Å². The largest absolute Gasteiger partial charge is 0.364 e. The first-order valence-electron chi connectivity index (χ1n) is 7.30. The van der Waals surface area contributed by atoms with E-state index in [4.69, 9.17) is 4.52 Å². The maximum absolute atomic E-state index is 12.1. The third kappa shape index (κ3) is 3.58. The van der Waals surface area contributed by atoms with Crippen molar-refractivity contribution in [2.24, 2.45) is 0 Å². The zero-order valence-electron chi connectivity index (χ0n) is 13.6. The van der Waals surface area contributed by atoms with Crippen LogP contribution in [-0.2, 0) is 18.5 Å². The Hall–Kier alpha value is -2.64. The molecule has 0 radical (unpaired) electrons. The molecule has 0 saturated heterocycles. The molecule has 8 nitrogen and oxygen atoms in total. The number of aryl methyl sites for hydroxylation is 1. The molecular weight excluding hydrogens is 300 g/mol. The summed E-state index contributed by atoms with van der Waals surface area (Å²) in [4.78, 5) is 38.1. The number of carbonyl (C=O) groups is 1. The van der Waals surface area contributed by atoms with Gasteiger partial charge in [0.15, 0.2) is 0 Å². The molecule has 2 rings (SSSR count). The van der Waals surface area contributed by atoms with Crippen molar-refractivity contribution >= 4 is 5.91 Å². The van der Waals surface area contributed by atoms with E-state index in [-0.39, 0.29) is 12.5 Å². The normalized spacial score (nSPS) is 11.5. The van der Waals surface area contributed by atoms with Crippen LogP contribution in [0.5, 0.6) is 0 Å². The summed E-state index contributed by atoms with van der Waals surface area (Å²) in [6.07, 6.45) is 3.30. The Bertz CT molecular complexity index is 823. The number of amides is 1. The minimum Gasteiger partial charge on any atom is -0.364 e. The van der Waals surface area contributed by atoms with Crippen molar-refractivity contribution in [1.82, 2.24) is 20.0 Å². The SMILES string of the molecule is CCc1nocc1C(=O)NCc1cn(C(C)(C)C)c(=O)[nH]c1=O. The predicted molar refractivity (Wildman–Crippen MR) is 83.4 cm³/mol. The van der Waals surface area contributed by atoms with Crippen LogP contribution in [0.25, 0.3) is 0 Å². The summed E-state index contributed by atoms with van der Waals surface area (Å²) in [7, 11) is 0. The lowest BCUT2D eigenvalue weighted by molar-refractivity contribution is 0.0949. The number of rotatable bonds is 4. The van der Waals surface area contributed by atoms with E-state index in [1.54, 1.807) is 0 Å². The average Bonchev–Trinajstić information content (AvgIpc) is 2.93. The maximum Gasteiger partial charge on any atom is 0.328 e. The van der Waals surface area contributed by atoms with Crippen molar-refractivity contribution in [3.05, 3.63) is 50.1 Å². The van der Waals surface area contributed by atoms with E-state index in [0.717, 1.165) is 0 Å². The molecule has 0 aliphatic rings. The zero-order chi connectivity index (χ0) is 17.2. The molecule has 0 bridgehead atoms. The van der Waals surface area contributed by atoms with Gasteiger partial charge in [0.1, 0.15) is 11.8 Å². The highest BCUT2D eigenvalue weighted by Gasteiger charge is 2.18. The molecule has 0 atom stereocenters. The van der Waals surface area contributed by atoms with Gasteiger partial charge in [-0.05, 0) is 27.2 Å². The van der Waals surface area contributed by atoms with Gasteiger partial charge in [-0.25, -0.2) is 4.79 Å². The fraction of sp³-hybridized carbons (Fsp3) is 0.467. The number of aromatic nitrogens is 3.